The van der Waals surface area contributed by atoms with Gasteiger partial charge in [0.15, 0.2) is 0 Å². The lowest BCUT2D eigenvalue weighted by molar-refractivity contribution is 0.474. The van der Waals surface area contributed by atoms with E-state index in [9.17, 15) is 5.11 Å². The second kappa shape index (κ2) is 6.60. The summed E-state index contributed by atoms with van der Waals surface area (Å²) >= 11 is 0. The first-order valence-electron chi connectivity index (χ1n) is 6.93. The SMILES string of the molecule is CC(Cc1ccc(O)cc1)NCCC1=CCCC1. The maximum absolute atomic E-state index is 9.23. The van der Waals surface area contributed by atoms with Crippen molar-refractivity contribution in [2.75, 3.05) is 6.54 Å². The van der Waals surface area contributed by atoms with Crippen LogP contribution in [0.5, 0.6) is 5.75 Å². The summed E-state index contributed by atoms with van der Waals surface area (Å²) in [6.07, 6.45) is 8.52. The Bertz CT molecular complexity index is 394. The average Bonchev–Trinajstić information content (AvgIpc) is 2.85. The van der Waals surface area contributed by atoms with Gasteiger partial charge >= 0.3 is 0 Å². The van der Waals surface area contributed by atoms with Crippen LogP contribution in [0.25, 0.3) is 0 Å². The molecule has 0 saturated carbocycles. The lowest BCUT2D eigenvalue weighted by Crippen LogP contribution is -2.29. The van der Waals surface area contributed by atoms with E-state index >= 15 is 0 Å². The number of rotatable bonds is 6. The molecule has 0 radical (unpaired) electrons. The van der Waals surface area contributed by atoms with Crippen LogP contribution in [0.3, 0.4) is 0 Å². The van der Waals surface area contributed by atoms with Gasteiger partial charge in [-0.3, -0.25) is 0 Å². The topological polar surface area (TPSA) is 32.3 Å². The van der Waals surface area contributed by atoms with Crippen molar-refractivity contribution in [2.24, 2.45) is 0 Å². The van der Waals surface area contributed by atoms with E-state index in [4.69, 9.17) is 0 Å². The molecule has 2 N–H and O–H groups in total. The first kappa shape index (κ1) is 13.2. The van der Waals surface area contributed by atoms with Gasteiger partial charge in [0.05, 0.1) is 0 Å². The second-order valence-electron chi connectivity index (χ2n) is 5.23. The molecular weight excluding hydrogens is 222 g/mol. The normalized spacial score (nSPS) is 16.6. The fourth-order valence-electron chi connectivity index (χ4n) is 2.50. The summed E-state index contributed by atoms with van der Waals surface area (Å²) in [4.78, 5) is 0. The summed E-state index contributed by atoms with van der Waals surface area (Å²) in [7, 11) is 0. The second-order valence-corrected chi connectivity index (χ2v) is 5.23. The van der Waals surface area contributed by atoms with Gasteiger partial charge in [0, 0.05) is 6.04 Å². The maximum Gasteiger partial charge on any atom is 0.115 e. The number of benzene rings is 1. The Balaban J connectivity index is 1.68. The highest BCUT2D eigenvalue weighted by molar-refractivity contribution is 5.26. The van der Waals surface area contributed by atoms with Crippen molar-refractivity contribution >= 4 is 0 Å². The van der Waals surface area contributed by atoms with Crippen molar-refractivity contribution in [3.8, 4) is 5.75 Å². The van der Waals surface area contributed by atoms with Crippen LogP contribution in [0.2, 0.25) is 0 Å². The standard InChI is InChI=1S/C16H23NO/c1-13(12-15-6-8-16(18)9-7-15)17-11-10-14-4-2-3-5-14/h4,6-9,13,17-18H,2-3,5,10-12H2,1H3. The summed E-state index contributed by atoms with van der Waals surface area (Å²) in [5.74, 6) is 0.340. The first-order chi connectivity index (χ1) is 8.74. The fourth-order valence-corrected chi connectivity index (χ4v) is 2.50. The lowest BCUT2D eigenvalue weighted by Gasteiger charge is -2.14. The maximum atomic E-state index is 9.23. The summed E-state index contributed by atoms with van der Waals surface area (Å²) in [5, 5.41) is 12.8. The van der Waals surface area contributed by atoms with Crippen molar-refractivity contribution < 1.29 is 5.11 Å². The van der Waals surface area contributed by atoms with Crippen LogP contribution in [-0.4, -0.2) is 17.7 Å². The zero-order valence-corrected chi connectivity index (χ0v) is 11.2. The number of nitrogens with one attached hydrogen (secondary N) is 1. The molecule has 0 aromatic heterocycles. The molecule has 2 nitrogen and oxygen atoms in total. The first-order valence-corrected chi connectivity index (χ1v) is 6.93. The molecule has 0 amide bonds. The highest BCUT2D eigenvalue weighted by atomic mass is 16.3. The van der Waals surface area contributed by atoms with Crippen LogP contribution in [0.15, 0.2) is 35.9 Å². The molecule has 0 saturated heterocycles. The molecule has 0 bridgehead atoms. The Morgan fingerprint density at radius 2 is 2.06 bits per heavy atom. The summed E-state index contributed by atoms with van der Waals surface area (Å²) in [6, 6.07) is 7.98. The Labute approximate surface area is 110 Å². The van der Waals surface area contributed by atoms with E-state index in [-0.39, 0.29) is 0 Å². The van der Waals surface area contributed by atoms with Crippen molar-refractivity contribution in [2.45, 2.75) is 45.1 Å². The fraction of sp³-hybridized carbons (Fsp3) is 0.500. The molecule has 1 atom stereocenters. The monoisotopic (exact) mass is 245 g/mol. The Kier molecular flexibility index (Phi) is 4.82. The molecule has 2 heteroatoms. The Morgan fingerprint density at radius 3 is 2.72 bits per heavy atom. The van der Waals surface area contributed by atoms with Crippen LogP contribution in [0.4, 0.5) is 0 Å². The Morgan fingerprint density at radius 1 is 1.28 bits per heavy atom. The van der Waals surface area contributed by atoms with Crippen LogP contribution < -0.4 is 5.32 Å². The zero-order valence-electron chi connectivity index (χ0n) is 11.2. The summed E-state index contributed by atoms with van der Waals surface area (Å²) in [5.41, 5.74) is 2.90. The summed E-state index contributed by atoms with van der Waals surface area (Å²) < 4.78 is 0. The van der Waals surface area contributed by atoms with Crippen molar-refractivity contribution in [3.63, 3.8) is 0 Å². The van der Waals surface area contributed by atoms with Gasteiger partial charge in [-0.15, -0.1) is 0 Å². The van der Waals surface area contributed by atoms with Crippen LogP contribution in [0, 0.1) is 0 Å². The van der Waals surface area contributed by atoms with E-state index < -0.39 is 0 Å². The van der Waals surface area contributed by atoms with Crippen LogP contribution in [0.1, 0.15) is 38.2 Å². The smallest absolute Gasteiger partial charge is 0.115 e. The van der Waals surface area contributed by atoms with Crippen LogP contribution >= 0.6 is 0 Å². The van der Waals surface area contributed by atoms with Crippen molar-refractivity contribution in [3.05, 3.63) is 41.5 Å². The third-order valence-corrected chi connectivity index (χ3v) is 3.55. The molecule has 1 aliphatic rings. The number of hydrogen-bond donors (Lipinski definition) is 2. The van der Waals surface area contributed by atoms with Crippen molar-refractivity contribution in [1.82, 2.24) is 5.32 Å². The predicted octanol–water partition coefficient (Wildman–Crippen LogP) is 3.41. The minimum absolute atomic E-state index is 0.340. The molecule has 1 aromatic rings. The van der Waals surface area contributed by atoms with Gasteiger partial charge in [0.25, 0.3) is 0 Å². The number of phenols is 1. The van der Waals surface area contributed by atoms with E-state index in [0.29, 0.717) is 11.8 Å². The lowest BCUT2D eigenvalue weighted by atomic mass is 10.1. The highest BCUT2D eigenvalue weighted by Crippen LogP contribution is 2.19. The third kappa shape index (κ3) is 4.19. The number of hydrogen-bond acceptors (Lipinski definition) is 2. The predicted molar refractivity (Wildman–Crippen MR) is 75.8 cm³/mol. The van der Waals surface area contributed by atoms with Crippen molar-refractivity contribution in [1.29, 1.82) is 0 Å². The molecule has 1 aliphatic carbocycles. The molecular formula is C16H23NO. The Hall–Kier alpha value is -1.28. The molecule has 0 aliphatic heterocycles. The largest absolute Gasteiger partial charge is 0.508 e. The van der Waals surface area contributed by atoms with Crippen LogP contribution in [-0.2, 0) is 6.42 Å². The average molecular weight is 245 g/mol. The number of aromatic hydroxyl groups is 1. The van der Waals surface area contributed by atoms with Gasteiger partial charge in [-0.2, -0.15) is 0 Å². The van der Waals surface area contributed by atoms with E-state index in [1.165, 1.54) is 31.2 Å². The molecule has 1 unspecified atom stereocenters. The molecule has 18 heavy (non-hydrogen) atoms. The van der Waals surface area contributed by atoms with Gasteiger partial charge in [-0.1, -0.05) is 23.8 Å². The number of allylic oxidation sites excluding steroid dienone is 1. The molecule has 0 fully saturated rings. The van der Waals surface area contributed by atoms with E-state index in [2.05, 4.69) is 18.3 Å². The van der Waals surface area contributed by atoms with E-state index in [1.54, 1.807) is 17.7 Å². The van der Waals surface area contributed by atoms with Gasteiger partial charge in [-0.25, -0.2) is 0 Å². The minimum Gasteiger partial charge on any atom is -0.508 e. The molecule has 98 valence electrons. The highest BCUT2D eigenvalue weighted by Gasteiger charge is 2.06. The molecule has 0 heterocycles. The van der Waals surface area contributed by atoms with Gasteiger partial charge in [0.1, 0.15) is 5.75 Å². The van der Waals surface area contributed by atoms with E-state index in [0.717, 1.165) is 13.0 Å². The third-order valence-electron chi connectivity index (χ3n) is 3.55. The quantitative estimate of drug-likeness (QED) is 0.753. The van der Waals surface area contributed by atoms with Gasteiger partial charge < -0.3 is 10.4 Å². The number of phenolic OH excluding ortho intramolecular Hbond substituents is 1. The van der Waals surface area contributed by atoms with Gasteiger partial charge in [0.2, 0.25) is 0 Å². The van der Waals surface area contributed by atoms with E-state index in [1.807, 2.05) is 12.1 Å². The minimum atomic E-state index is 0.340. The molecule has 0 spiro atoms. The summed E-state index contributed by atoms with van der Waals surface area (Å²) in [6.45, 7) is 3.29. The molecule has 1 aromatic carbocycles. The molecule has 2 rings (SSSR count). The van der Waals surface area contributed by atoms with Gasteiger partial charge in [-0.05, 0) is 63.3 Å². The zero-order chi connectivity index (χ0) is 12.8.